The lowest BCUT2D eigenvalue weighted by atomic mass is 9.99. The molecule has 0 saturated heterocycles. The number of nitrogens with one attached hydrogen (secondary N) is 1. The number of nitrogens with two attached hydrogens (primary N) is 1. The molecular formula is C25H21F4N5O2. The SMILES string of the molecule is Cn1cc(-c2cnc(N)c(-c3ccc(C(=O)N[C@H](CO)c4ccccc4)c(F)c3)c2)c(C(F)(F)F)n1. The molecule has 0 unspecified atom stereocenters. The number of nitrogens with zero attached hydrogens (tertiary/aromatic N) is 3. The Morgan fingerprint density at radius 2 is 1.83 bits per heavy atom. The van der Waals surface area contributed by atoms with Crippen molar-refractivity contribution in [3.63, 3.8) is 0 Å². The Morgan fingerprint density at radius 1 is 1.11 bits per heavy atom. The molecule has 7 nitrogen and oxygen atoms in total. The molecule has 0 aliphatic carbocycles. The maximum absolute atomic E-state index is 15.0. The molecule has 0 aliphatic heterocycles. The number of halogens is 4. The number of amides is 1. The molecule has 4 N–H and O–H groups in total. The van der Waals surface area contributed by atoms with E-state index >= 15 is 0 Å². The second kappa shape index (κ2) is 9.78. The normalized spacial score (nSPS) is 12.4. The van der Waals surface area contributed by atoms with E-state index in [9.17, 15) is 27.5 Å². The van der Waals surface area contributed by atoms with Crippen LogP contribution in [0.25, 0.3) is 22.3 Å². The molecule has 4 rings (SSSR count). The van der Waals surface area contributed by atoms with Crippen LogP contribution >= 0.6 is 0 Å². The van der Waals surface area contributed by atoms with Crippen molar-refractivity contribution >= 4 is 11.7 Å². The molecule has 186 valence electrons. The number of carbonyl (C=O) groups excluding carboxylic acids is 1. The van der Waals surface area contributed by atoms with Crippen molar-refractivity contribution in [3.05, 3.63) is 89.6 Å². The molecule has 0 radical (unpaired) electrons. The molecular weight excluding hydrogens is 478 g/mol. The van der Waals surface area contributed by atoms with Crippen LogP contribution in [-0.4, -0.2) is 32.4 Å². The summed E-state index contributed by atoms with van der Waals surface area (Å²) in [6, 6.07) is 13.0. The summed E-state index contributed by atoms with van der Waals surface area (Å²) in [5.74, 6) is -1.65. The molecule has 1 atom stereocenters. The van der Waals surface area contributed by atoms with Gasteiger partial charge in [0.25, 0.3) is 5.91 Å². The second-order valence-electron chi connectivity index (χ2n) is 8.03. The van der Waals surface area contributed by atoms with E-state index in [1.807, 2.05) is 0 Å². The lowest BCUT2D eigenvalue weighted by Crippen LogP contribution is -2.31. The summed E-state index contributed by atoms with van der Waals surface area (Å²) in [6.07, 6.45) is -2.30. The van der Waals surface area contributed by atoms with Crippen molar-refractivity contribution in [2.75, 3.05) is 12.3 Å². The lowest BCUT2D eigenvalue weighted by Gasteiger charge is -2.17. The highest BCUT2D eigenvalue weighted by Crippen LogP contribution is 2.38. The molecule has 0 spiro atoms. The molecule has 0 bridgehead atoms. The number of carbonyl (C=O) groups is 1. The molecule has 4 aromatic rings. The number of anilines is 1. The van der Waals surface area contributed by atoms with Crippen LogP contribution in [-0.2, 0) is 13.2 Å². The first-order chi connectivity index (χ1) is 17.1. The molecule has 36 heavy (non-hydrogen) atoms. The van der Waals surface area contributed by atoms with Crippen LogP contribution in [0.1, 0.15) is 27.7 Å². The average Bonchev–Trinajstić information content (AvgIpc) is 3.25. The van der Waals surface area contributed by atoms with Gasteiger partial charge in [-0.15, -0.1) is 0 Å². The summed E-state index contributed by atoms with van der Waals surface area (Å²) < 4.78 is 56.3. The van der Waals surface area contributed by atoms with E-state index in [0.29, 0.717) is 5.56 Å². The number of nitrogen functional groups attached to an aromatic ring is 1. The first-order valence-corrected chi connectivity index (χ1v) is 10.7. The Bertz CT molecular complexity index is 1400. The summed E-state index contributed by atoms with van der Waals surface area (Å²) in [4.78, 5) is 16.7. The third-order valence-electron chi connectivity index (χ3n) is 5.54. The Kier molecular flexibility index (Phi) is 6.75. The van der Waals surface area contributed by atoms with Gasteiger partial charge >= 0.3 is 6.18 Å². The van der Waals surface area contributed by atoms with E-state index < -0.39 is 36.2 Å². The number of aliphatic hydroxyl groups excluding tert-OH is 1. The van der Waals surface area contributed by atoms with Gasteiger partial charge in [-0.2, -0.15) is 18.3 Å². The fraction of sp³-hybridized carbons (Fsp3) is 0.160. The summed E-state index contributed by atoms with van der Waals surface area (Å²) >= 11 is 0. The molecule has 0 aliphatic rings. The minimum Gasteiger partial charge on any atom is -0.394 e. The van der Waals surface area contributed by atoms with E-state index in [-0.39, 0.29) is 33.6 Å². The standard InChI is InChI=1S/C25H21F4N5O2/c1-34-12-19(22(33-34)25(27,28)29)16-9-18(23(30)31-11-16)15-7-8-17(20(26)10-15)24(36)32-21(13-35)14-5-3-2-4-6-14/h2-12,21,35H,13H2,1H3,(H2,30,31)(H,32,36)/t21-/m1/s1. The van der Waals surface area contributed by atoms with Gasteiger partial charge < -0.3 is 16.2 Å². The third-order valence-corrected chi connectivity index (χ3v) is 5.54. The number of aromatic nitrogens is 3. The van der Waals surface area contributed by atoms with Gasteiger partial charge in [0, 0.05) is 36.1 Å². The Balaban J connectivity index is 1.65. The first-order valence-electron chi connectivity index (χ1n) is 10.7. The van der Waals surface area contributed by atoms with Gasteiger partial charge in [0.1, 0.15) is 11.6 Å². The fourth-order valence-corrected chi connectivity index (χ4v) is 3.79. The van der Waals surface area contributed by atoms with Gasteiger partial charge in [-0.3, -0.25) is 9.48 Å². The van der Waals surface area contributed by atoms with E-state index in [1.165, 1.54) is 37.6 Å². The molecule has 2 aromatic carbocycles. The monoisotopic (exact) mass is 499 g/mol. The summed E-state index contributed by atoms with van der Waals surface area (Å²) in [5, 5.41) is 15.7. The van der Waals surface area contributed by atoms with Gasteiger partial charge in [-0.25, -0.2) is 9.37 Å². The largest absolute Gasteiger partial charge is 0.435 e. The summed E-state index contributed by atoms with van der Waals surface area (Å²) in [5.41, 5.74) is 5.52. The molecule has 2 heterocycles. The number of benzene rings is 2. The van der Waals surface area contributed by atoms with Crippen molar-refractivity contribution in [2.24, 2.45) is 7.05 Å². The van der Waals surface area contributed by atoms with Crippen LogP contribution in [0, 0.1) is 5.82 Å². The first kappa shape index (κ1) is 24.9. The van der Waals surface area contributed by atoms with E-state index in [0.717, 1.165) is 10.7 Å². The third kappa shape index (κ3) is 5.05. The Morgan fingerprint density at radius 3 is 2.47 bits per heavy atom. The van der Waals surface area contributed by atoms with Crippen LogP contribution < -0.4 is 11.1 Å². The van der Waals surface area contributed by atoms with Crippen molar-refractivity contribution in [1.29, 1.82) is 0 Å². The predicted octanol–water partition coefficient (Wildman–Crippen LogP) is 4.35. The Hall–Kier alpha value is -4.25. The number of hydrogen-bond acceptors (Lipinski definition) is 5. The predicted molar refractivity (Wildman–Crippen MR) is 125 cm³/mol. The number of hydrogen-bond donors (Lipinski definition) is 3. The molecule has 0 saturated carbocycles. The van der Waals surface area contributed by atoms with Crippen LogP contribution in [0.3, 0.4) is 0 Å². The number of rotatable bonds is 6. The lowest BCUT2D eigenvalue weighted by molar-refractivity contribution is -0.140. The Labute approximate surface area is 203 Å². The zero-order valence-electron chi connectivity index (χ0n) is 18.9. The average molecular weight is 499 g/mol. The van der Waals surface area contributed by atoms with Crippen LogP contribution in [0.5, 0.6) is 0 Å². The van der Waals surface area contributed by atoms with E-state index in [2.05, 4.69) is 15.4 Å². The highest BCUT2D eigenvalue weighted by molar-refractivity contribution is 5.95. The molecule has 1 amide bonds. The highest BCUT2D eigenvalue weighted by Gasteiger charge is 2.37. The van der Waals surface area contributed by atoms with Gasteiger partial charge in [0.15, 0.2) is 5.69 Å². The van der Waals surface area contributed by atoms with Gasteiger partial charge in [0.2, 0.25) is 0 Å². The minimum absolute atomic E-state index is 0.0303. The molecule has 0 fully saturated rings. The van der Waals surface area contributed by atoms with E-state index in [4.69, 9.17) is 5.73 Å². The maximum atomic E-state index is 15.0. The zero-order valence-corrected chi connectivity index (χ0v) is 18.9. The quantitative estimate of drug-likeness (QED) is 0.342. The molecule has 11 heteroatoms. The summed E-state index contributed by atoms with van der Waals surface area (Å²) in [6.45, 7) is -0.390. The highest BCUT2D eigenvalue weighted by atomic mass is 19.4. The minimum atomic E-state index is -4.69. The van der Waals surface area contributed by atoms with Crippen molar-refractivity contribution in [3.8, 4) is 22.3 Å². The summed E-state index contributed by atoms with van der Waals surface area (Å²) in [7, 11) is 1.36. The molecule has 2 aromatic heterocycles. The number of pyridine rings is 1. The van der Waals surface area contributed by atoms with Gasteiger partial charge in [-0.05, 0) is 29.3 Å². The van der Waals surface area contributed by atoms with Crippen molar-refractivity contribution in [2.45, 2.75) is 12.2 Å². The van der Waals surface area contributed by atoms with Gasteiger partial charge in [0.05, 0.1) is 18.2 Å². The number of alkyl halides is 3. The fourth-order valence-electron chi connectivity index (χ4n) is 3.79. The van der Waals surface area contributed by atoms with Gasteiger partial charge in [-0.1, -0.05) is 36.4 Å². The maximum Gasteiger partial charge on any atom is 0.435 e. The van der Waals surface area contributed by atoms with E-state index in [1.54, 1.807) is 30.3 Å². The number of aliphatic hydroxyl groups is 1. The van der Waals surface area contributed by atoms with Crippen LogP contribution in [0.4, 0.5) is 23.4 Å². The van der Waals surface area contributed by atoms with Crippen LogP contribution in [0.15, 0.2) is 67.0 Å². The van der Waals surface area contributed by atoms with Crippen LogP contribution in [0.2, 0.25) is 0 Å². The van der Waals surface area contributed by atoms with Crippen molar-refractivity contribution in [1.82, 2.24) is 20.1 Å². The second-order valence-corrected chi connectivity index (χ2v) is 8.03. The zero-order chi connectivity index (χ0) is 26.0. The number of aryl methyl sites for hydroxylation is 1. The smallest absolute Gasteiger partial charge is 0.394 e. The topological polar surface area (TPSA) is 106 Å². The van der Waals surface area contributed by atoms with Crippen molar-refractivity contribution < 1.29 is 27.5 Å².